The fraction of sp³-hybridized carbons (Fsp3) is 0.154. The summed E-state index contributed by atoms with van der Waals surface area (Å²) in [6.07, 6.45) is 4.08. The molecule has 0 spiro atoms. The molecule has 2 nitrogen and oxygen atoms in total. The summed E-state index contributed by atoms with van der Waals surface area (Å²) in [5, 5.41) is 7.04. The van der Waals surface area contributed by atoms with E-state index in [2.05, 4.69) is 18.3 Å². The SMILES string of the molecule is C=CCC(=C)N(/N=C\C)c1ccc(Cl)cc1Cl. The van der Waals surface area contributed by atoms with Crippen LogP contribution in [0.5, 0.6) is 0 Å². The molecule has 0 saturated heterocycles. The molecule has 1 rings (SSSR count). The number of allylic oxidation sites excluding steroid dienone is 1. The van der Waals surface area contributed by atoms with Crippen LogP contribution >= 0.6 is 23.2 Å². The van der Waals surface area contributed by atoms with Gasteiger partial charge in [-0.15, -0.1) is 6.58 Å². The molecule has 90 valence electrons. The van der Waals surface area contributed by atoms with E-state index < -0.39 is 0 Å². The number of nitrogens with zero attached hydrogens (tertiary/aromatic N) is 2. The maximum Gasteiger partial charge on any atom is 0.0835 e. The zero-order valence-electron chi connectivity index (χ0n) is 9.66. The second kappa shape index (κ2) is 6.48. The fourth-order valence-corrected chi connectivity index (χ4v) is 1.82. The van der Waals surface area contributed by atoms with E-state index in [0.717, 1.165) is 11.4 Å². The average molecular weight is 269 g/mol. The van der Waals surface area contributed by atoms with Gasteiger partial charge in [-0.1, -0.05) is 35.9 Å². The van der Waals surface area contributed by atoms with Crippen LogP contribution in [0.25, 0.3) is 0 Å². The number of hydrogen-bond donors (Lipinski definition) is 0. The van der Waals surface area contributed by atoms with E-state index in [9.17, 15) is 0 Å². The Balaban J connectivity index is 3.13. The Morgan fingerprint density at radius 3 is 2.71 bits per heavy atom. The molecule has 0 unspecified atom stereocenters. The summed E-state index contributed by atoms with van der Waals surface area (Å²) in [6.45, 7) is 9.46. The first kappa shape index (κ1) is 13.8. The zero-order chi connectivity index (χ0) is 12.8. The molecule has 1 aromatic rings. The molecule has 0 fully saturated rings. The van der Waals surface area contributed by atoms with Gasteiger partial charge in [0.1, 0.15) is 0 Å². The Kier molecular flexibility index (Phi) is 5.26. The largest absolute Gasteiger partial charge is 0.237 e. The van der Waals surface area contributed by atoms with Gasteiger partial charge in [0, 0.05) is 23.4 Å². The minimum absolute atomic E-state index is 0.535. The molecule has 0 aliphatic heterocycles. The van der Waals surface area contributed by atoms with Crippen molar-refractivity contribution in [2.45, 2.75) is 13.3 Å². The third kappa shape index (κ3) is 3.62. The summed E-state index contributed by atoms with van der Waals surface area (Å²) in [5.74, 6) is 0. The lowest BCUT2D eigenvalue weighted by atomic mass is 10.2. The van der Waals surface area contributed by atoms with Crippen LogP contribution in [0.4, 0.5) is 5.69 Å². The lowest BCUT2D eigenvalue weighted by molar-refractivity contribution is 0.965. The van der Waals surface area contributed by atoms with Crippen LogP contribution in [0.1, 0.15) is 13.3 Å². The summed E-state index contributed by atoms with van der Waals surface area (Å²) in [5.41, 5.74) is 1.54. The zero-order valence-corrected chi connectivity index (χ0v) is 11.2. The Bertz CT molecular complexity index is 453. The van der Waals surface area contributed by atoms with Gasteiger partial charge in [-0.05, 0) is 25.1 Å². The van der Waals surface area contributed by atoms with Crippen molar-refractivity contribution in [2.24, 2.45) is 5.10 Å². The summed E-state index contributed by atoms with van der Waals surface area (Å²) in [4.78, 5) is 0. The molecule has 0 atom stereocenters. The second-order valence-electron chi connectivity index (χ2n) is 3.34. The van der Waals surface area contributed by atoms with E-state index in [1.54, 1.807) is 29.4 Å². The minimum atomic E-state index is 0.535. The molecule has 17 heavy (non-hydrogen) atoms. The van der Waals surface area contributed by atoms with Gasteiger partial charge < -0.3 is 0 Å². The van der Waals surface area contributed by atoms with E-state index in [4.69, 9.17) is 23.2 Å². The average Bonchev–Trinajstić information content (AvgIpc) is 2.27. The molecule has 0 heterocycles. The van der Waals surface area contributed by atoms with E-state index in [-0.39, 0.29) is 0 Å². The highest BCUT2D eigenvalue weighted by Crippen LogP contribution is 2.31. The highest BCUT2D eigenvalue weighted by molar-refractivity contribution is 6.36. The smallest absolute Gasteiger partial charge is 0.0835 e. The molecule has 0 amide bonds. The molecule has 0 radical (unpaired) electrons. The normalized spacial score (nSPS) is 10.5. The molecular weight excluding hydrogens is 255 g/mol. The highest BCUT2D eigenvalue weighted by atomic mass is 35.5. The quantitative estimate of drug-likeness (QED) is 0.422. The van der Waals surface area contributed by atoms with Crippen LogP contribution in [0, 0.1) is 0 Å². The third-order valence-electron chi connectivity index (χ3n) is 2.05. The molecular formula is C13H14Cl2N2. The van der Waals surface area contributed by atoms with Gasteiger partial charge in [-0.25, -0.2) is 5.01 Å². The fourth-order valence-electron chi connectivity index (χ4n) is 1.34. The Morgan fingerprint density at radius 2 is 2.18 bits per heavy atom. The topological polar surface area (TPSA) is 15.6 Å². The highest BCUT2D eigenvalue weighted by Gasteiger charge is 2.11. The van der Waals surface area contributed by atoms with Crippen LogP contribution in [0.15, 0.2) is 48.2 Å². The van der Waals surface area contributed by atoms with Gasteiger partial charge in [-0.3, -0.25) is 0 Å². The third-order valence-corrected chi connectivity index (χ3v) is 2.59. The van der Waals surface area contributed by atoms with Crippen molar-refractivity contribution in [3.8, 4) is 0 Å². The Hall–Kier alpha value is -1.25. The maximum atomic E-state index is 6.14. The predicted octanol–water partition coefficient (Wildman–Crippen LogP) is 4.90. The van der Waals surface area contributed by atoms with Crippen molar-refractivity contribution in [3.05, 3.63) is 53.2 Å². The summed E-state index contributed by atoms with van der Waals surface area (Å²) in [6, 6.07) is 5.26. The van der Waals surface area contributed by atoms with Gasteiger partial charge in [0.2, 0.25) is 0 Å². The number of benzene rings is 1. The van der Waals surface area contributed by atoms with Crippen LogP contribution in [0.3, 0.4) is 0 Å². The van der Waals surface area contributed by atoms with Crippen molar-refractivity contribution in [1.82, 2.24) is 0 Å². The lowest BCUT2D eigenvalue weighted by Crippen LogP contribution is -2.14. The van der Waals surface area contributed by atoms with Gasteiger partial charge in [0.15, 0.2) is 0 Å². The number of hydrogen-bond acceptors (Lipinski definition) is 2. The van der Waals surface area contributed by atoms with Crippen molar-refractivity contribution in [1.29, 1.82) is 0 Å². The van der Waals surface area contributed by atoms with Gasteiger partial charge in [-0.2, -0.15) is 5.10 Å². The maximum absolute atomic E-state index is 6.14. The van der Waals surface area contributed by atoms with Crippen molar-refractivity contribution >= 4 is 35.1 Å². The van der Waals surface area contributed by atoms with Crippen molar-refractivity contribution < 1.29 is 0 Å². The monoisotopic (exact) mass is 268 g/mol. The Labute approximate surface area is 112 Å². The number of anilines is 1. The molecule has 0 N–H and O–H groups in total. The second-order valence-corrected chi connectivity index (χ2v) is 4.18. The van der Waals surface area contributed by atoms with Crippen molar-refractivity contribution in [3.63, 3.8) is 0 Å². The van der Waals surface area contributed by atoms with Crippen molar-refractivity contribution in [2.75, 3.05) is 5.01 Å². The van der Waals surface area contributed by atoms with E-state index >= 15 is 0 Å². The number of hydrazone groups is 1. The first-order valence-electron chi connectivity index (χ1n) is 5.12. The summed E-state index contributed by atoms with van der Waals surface area (Å²) >= 11 is 12.0. The van der Waals surface area contributed by atoms with Gasteiger partial charge >= 0.3 is 0 Å². The first-order chi connectivity index (χ1) is 8.10. The first-order valence-corrected chi connectivity index (χ1v) is 5.88. The van der Waals surface area contributed by atoms with Gasteiger partial charge in [0.05, 0.1) is 10.7 Å². The molecule has 4 heteroatoms. The van der Waals surface area contributed by atoms with Crippen LogP contribution in [-0.4, -0.2) is 6.21 Å². The van der Waals surface area contributed by atoms with E-state index in [1.165, 1.54) is 0 Å². The molecule has 0 saturated carbocycles. The van der Waals surface area contributed by atoms with Crippen LogP contribution in [-0.2, 0) is 0 Å². The molecule has 0 bridgehead atoms. The summed E-state index contributed by atoms with van der Waals surface area (Å²) in [7, 11) is 0. The summed E-state index contributed by atoms with van der Waals surface area (Å²) < 4.78 is 0. The predicted molar refractivity (Wildman–Crippen MR) is 77.1 cm³/mol. The van der Waals surface area contributed by atoms with Gasteiger partial charge in [0.25, 0.3) is 0 Å². The number of halogens is 2. The Morgan fingerprint density at radius 1 is 1.47 bits per heavy atom. The molecule has 0 aliphatic carbocycles. The minimum Gasteiger partial charge on any atom is -0.237 e. The van der Waals surface area contributed by atoms with Crippen LogP contribution in [0.2, 0.25) is 10.0 Å². The molecule has 0 aromatic heterocycles. The standard InChI is InChI=1S/C13H14Cl2N2/c1-4-6-10(3)17(16-5-2)13-8-7-11(14)9-12(13)15/h4-5,7-9H,1,3,6H2,2H3/b16-5-. The van der Waals surface area contributed by atoms with E-state index in [0.29, 0.717) is 16.5 Å². The van der Waals surface area contributed by atoms with E-state index in [1.807, 2.05) is 13.0 Å². The lowest BCUT2D eigenvalue weighted by Gasteiger charge is -2.21. The molecule has 1 aromatic carbocycles. The molecule has 0 aliphatic rings. The number of rotatable bonds is 5. The van der Waals surface area contributed by atoms with Crippen LogP contribution < -0.4 is 5.01 Å².